The van der Waals surface area contributed by atoms with Crippen molar-refractivity contribution in [2.45, 2.75) is 30.6 Å². The average Bonchev–Trinajstić information content (AvgIpc) is 2.71. The third-order valence-electron chi connectivity index (χ3n) is 4.37. The Morgan fingerprint density at radius 1 is 1.18 bits per heavy atom. The molecule has 2 N–H and O–H groups in total. The van der Waals surface area contributed by atoms with E-state index in [2.05, 4.69) is 15.6 Å². The Morgan fingerprint density at radius 2 is 1.86 bits per heavy atom. The lowest BCUT2D eigenvalue weighted by atomic mass is 10.0. The quantitative estimate of drug-likeness (QED) is 0.151. The van der Waals surface area contributed by atoms with Crippen LogP contribution in [0.4, 0.5) is 4.39 Å². The van der Waals surface area contributed by atoms with Crippen molar-refractivity contribution in [2.24, 2.45) is 10.9 Å². The number of aliphatic imine (C=N–C) groups is 1. The second-order valence-corrected chi connectivity index (χ2v) is 7.73. The predicted molar refractivity (Wildman–Crippen MR) is 125 cm³/mol. The van der Waals surface area contributed by atoms with E-state index in [-0.39, 0.29) is 29.8 Å². The first kappa shape index (κ1) is 25.5. The third-order valence-corrected chi connectivity index (χ3v) is 5.47. The van der Waals surface area contributed by atoms with E-state index < -0.39 is 0 Å². The van der Waals surface area contributed by atoms with Gasteiger partial charge in [-0.15, -0.1) is 35.7 Å². The van der Waals surface area contributed by atoms with Crippen LogP contribution < -0.4 is 10.6 Å². The first-order valence-electron chi connectivity index (χ1n) is 9.76. The summed E-state index contributed by atoms with van der Waals surface area (Å²) >= 11 is 1.74. The van der Waals surface area contributed by atoms with Crippen LogP contribution in [0.2, 0.25) is 0 Å². The molecule has 1 aromatic rings. The van der Waals surface area contributed by atoms with Crippen LogP contribution in [-0.2, 0) is 9.47 Å². The van der Waals surface area contributed by atoms with Crippen LogP contribution in [0.1, 0.15) is 25.7 Å². The molecular weight excluding hydrogens is 492 g/mol. The number of hydrogen-bond donors (Lipinski definition) is 2. The van der Waals surface area contributed by atoms with Gasteiger partial charge in [0.05, 0.1) is 0 Å². The van der Waals surface area contributed by atoms with Crippen molar-refractivity contribution >= 4 is 41.7 Å². The van der Waals surface area contributed by atoms with Crippen LogP contribution in [0.15, 0.2) is 34.2 Å². The van der Waals surface area contributed by atoms with Crippen molar-refractivity contribution in [3.05, 3.63) is 30.1 Å². The van der Waals surface area contributed by atoms with E-state index in [4.69, 9.17) is 9.47 Å². The molecule has 0 aliphatic carbocycles. The Balaban J connectivity index is 0.00000392. The molecule has 0 amide bonds. The minimum atomic E-state index is -0.190. The number of nitrogens with zero attached hydrogens (tertiary/aromatic N) is 1. The highest BCUT2D eigenvalue weighted by Gasteiger charge is 2.13. The van der Waals surface area contributed by atoms with Crippen molar-refractivity contribution in [3.63, 3.8) is 0 Å². The molecular formula is C20H33FIN3O2S. The maximum Gasteiger partial charge on any atom is 0.190 e. The number of thioether (sulfide) groups is 1. The number of rotatable bonds is 11. The lowest BCUT2D eigenvalue weighted by Crippen LogP contribution is -2.38. The van der Waals surface area contributed by atoms with E-state index in [0.717, 1.165) is 81.8 Å². The van der Waals surface area contributed by atoms with E-state index in [1.807, 2.05) is 12.1 Å². The van der Waals surface area contributed by atoms with Gasteiger partial charge in [-0.3, -0.25) is 4.99 Å². The highest BCUT2D eigenvalue weighted by molar-refractivity contribution is 14.0. The van der Waals surface area contributed by atoms with E-state index in [1.165, 1.54) is 12.1 Å². The molecule has 0 aromatic heterocycles. The SMILES string of the molecule is CN=C(NCCCOCC1CCOCC1)NCCCSc1ccc(F)cc1.I. The maximum absolute atomic E-state index is 12.9. The molecule has 1 aliphatic rings. The zero-order valence-corrected chi connectivity index (χ0v) is 19.8. The van der Waals surface area contributed by atoms with Crippen LogP contribution in [0.25, 0.3) is 0 Å². The largest absolute Gasteiger partial charge is 0.381 e. The molecule has 8 heteroatoms. The Labute approximate surface area is 189 Å². The molecule has 1 fully saturated rings. The van der Waals surface area contributed by atoms with Gasteiger partial charge < -0.3 is 20.1 Å². The zero-order valence-electron chi connectivity index (χ0n) is 16.6. The Hall–Kier alpha value is -0.580. The monoisotopic (exact) mass is 525 g/mol. The summed E-state index contributed by atoms with van der Waals surface area (Å²) in [7, 11) is 1.78. The molecule has 1 aromatic carbocycles. The van der Waals surface area contributed by atoms with Crippen molar-refractivity contribution < 1.29 is 13.9 Å². The van der Waals surface area contributed by atoms with Gasteiger partial charge in [-0.2, -0.15) is 0 Å². The van der Waals surface area contributed by atoms with Crippen LogP contribution in [-0.4, -0.2) is 58.3 Å². The number of halogens is 2. The lowest BCUT2D eigenvalue weighted by Gasteiger charge is -2.21. The molecule has 0 unspecified atom stereocenters. The zero-order chi connectivity index (χ0) is 19.2. The minimum Gasteiger partial charge on any atom is -0.381 e. The molecule has 0 atom stereocenters. The lowest BCUT2D eigenvalue weighted by molar-refractivity contribution is 0.0203. The van der Waals surface area contributed by atoms with Crippen molar-refractivity contribution in [3.8, 4) is 0 Å². The molecule has 1 heterocycles. The fourth-order valence-corrected chi connectivity index (χ4v) is 3.62. The van der Waals surface area contributed by atoms with Gasteiger partial charge >= 0.3 is 0 Å². The summed E-state index contributed by atoms with van der Waals surface area (Å²) in [5.74, 6) is 2.28. The summed E-state index contributed by atoms with van der Waals surface area (Å²) < 4.78 is 24.0. The van der Waals surface area contributed by atoms with Crippen molar-refractivity contribution in [2.75, 3.05) is 52.3 Å². The molecule has 0 radical (unpaired) electrons. The third kappa shape index (κ3) is 11.4. The topological polar surface area (TPSA) is 54.9 Å². The predicted octanol–water partition coefficient (Wildman–Crippen LogP) is 3.92. The molecule has 0 spiro atoms. The molecule has 2 rings (SSSR count). The summed E-state index contributed by atoms with van der Waals surface area (Å²) in [6.45, 7) is 5.07. The molecule has 0 saturated carbocycles. The number of guanidine groups is 1. The van der Waals surface area contributed by atoms with Gasteiger partial charge in [0.15, 0.2) is 5.96 Å². The number of ether oxygens (including phenoxy) is 2. The fraction of sp³-hybridized carbons (Fsp3) is 0.650. The highest BCUT2D eigenvalue weighted by Crippen LogP contribution is 2.18. The summed E-state index contributed by atoms with van der Waals surface area (Å²) in [6.07, 6.45) is 4.21. The van der Waals surface area contributed by atoms with Gasteiger partial charge in [-0.1, -0.05) is 0 Å². The minimum absolute atomic E-state index is 0. The van der Waals surface area contributed by atoms with Gasteiger partial charge in [-0.05, 0) is 61.6 Å². The van der Waals surface area contributed by atoms with Crippen LogP contribution in [0.5, 0.6) is 0 Å². The average molecular weight is 525 g/mol. The number of hydrogen-bond acceptors (Lipinski definition) is 4. The van der Waals surface area contributed by atoms with Crippen LogP contribution in [0.3, 0.4) is 0 Å². The standard InChI is InChI=1S/C20H32FN3O2S.HI/c1-22-20(23-10-2-12-26-16-17-8-13-25-14-9-17)24-11-3-15-27-19-6-4-18(21)5-7-19;/h4-7,17H,2-3,8-16H2,1H3,(H2,22,23,24);1H. The van der Waals surface area contributed by atoms with Crippen LogP contribution in [0, 0.1) is 11.7 Å². The van der Waals surface area contributed by atoms with Gasteiger partial charge in [0, 0.05) is 51.5 Å². The van der Waals surface area contributed by atoms with Crippen molar-refractivity contribution in [1.29, 1.82) is 0 Å². The molecule has 160 valence electrons. The van der Waals surface area contributed by atoms with Gasteiger partial charge in [-0.25, -0.2) is 4.39 Å². The van der Waals surface area contributed by atoms with E-state index in [1.54, 1.807) is 18.8 Å². The van der Waals surface area contributed by atoms with E-state index >= 15 is 0 Å². The van der Waals surface area contributed by atoms with Gasteiger partial charge in [0.1, 0.15) is 5.82 Å². The van der Waals surface area contributed by atoms with Gasteiger partial charge in [0.2, 0.25) is 0 Å². The smallest absolute Gasteiger partial charge is 0.190 e. The molecule has 0 bridgehead atoms. The van der Waals surface area contributed by atoms with Crippen molar-refractivity contribution in [1.82, 2.24) is 10.6 Å². The normalized spacial score (nSPS) is 15.1. The van der Waals surface area contributed by atoms with E-state index in [9.17, 15) is 4.39 Å². The van der Waals surface area contributed by atoms with E-state index in [0.29, 0.717) is 5.92 Å². The molecule has 1 aliphatic heterocycles. The Bertz CT molecular complexity index is 543. The second-order valence-electron chi connectivity index (χ2n) is 6.57. The summed E-state index contributed by atoms with van der Waals surface area (Å²) in [5, 5.41) is 6.63. The fourth-order valence-electron chi connectivity index (χ4n) is 2.76. The second kappa shape index (κ2) is 16.2. The van der Waals surface area contributed by atoms with Gasteiger partial charge in [0.25, 0.3) is 0 Å². The number of nitrogens with one attached hydrogen (secondary N) is 2. The molecule has 1 saturated heterocycles. The summed E-state index contributed by atoms with van der Waals surface area (Å²) in [5.41, 5.74) is 0. The summed E-state index contributed by atoms with van der Waals surface area (Å²) in [4.78, 5) is 5.33. The first-order chi connectivity index (χ1) is 13.3. The summed E-state index contributed by atoms with van der Waals surface area (Å²) in [6, 6.07) is 6.63. The Kier molecular flexibility index (Phi) is 14.8. The number of benzene rings is 1. The highest BCUT2D eigenvalue weighted by atomic mass is 127. The molecule has 28 heavy (non-hydrogen) atoms. The Morgan fingerprint density at radius 3 is 2.54 bits per heavy atom. The maximum atomic E-state index is 12.9. The molecule has 5 nitrogen and oxygen atoms in total. The first-order valence-corrected chi connectivity index (χ1v) is 10.7. The van der Waals surface area contributed by atoms with Crippen LogP contribution >= 0.6 is 35.7 Å².